The predicted octanol–water partition coefficient (Wildman–Crippen LogP) is 2.66. The van der Waals surface area contributed by atoms with Crippen LogP contribution in [-0.2, 0) is 47.7 Å². The number of hydrogen-bond acceptors (Lipinski definition) is 14. The van der Waals surface area contributed by atoms with Gasteiger partial charge >= 0.3 is 24.1 Å². The lowest BCUT2D eigenvalue weighted by atomic mass is 10.1. The number of amides is 4. The molecule has 0 spiro atoms. The Bertz CT molecular complexity index is 1930. The fraction of sp³-hybridized carbons (Fsp3) is 0.760. The predicted molar refractivity (Wildman–Crippen MR) is 247 cm³/mol. The van der Waals surface area contributed by atoms with Crippen LogP contribution in [0.4, 0.5) is 9.59 Å². The Balaban J connectivity index is 0.934. The summed E-state index contributed by atoms with van der Waals surface area (Å²) in [6, 6.07) is -1.05. The number of Topliss-reactive ketones (excluding diaryl/α,β-unsaturated/α-hetero) is 2. The van der Waals surface area contributed by atoms with Gasteiger partial charge in [-0.3, -0.25) is 38.6 Å². The van der Waals surface area contributed by atoms with Crippen molar-refractivity contribution in [3.8, 4) is 23.7 Å². The zero-order valence-electron chi connectivity index (χ0n) is 40.4. The van der Waals surface area contributed by atoms with E-state index < -0.39 is 36.2 Å². The van der Waals surface area contributed by atoms with Crippen molar-refractivity contribution in [1.82, 2.24) is 30.2 Å². The summed E-state index contributed by atoms with van der Waals surface area (Å²) in [5.41, 5.74) is 0. The van der Waals surface area contributed by atoms with Gasteiger partial charge in [0.25, 0.3) is 0 Å². The third-order valence-corrected chi connectivity index (χ3v) is 14.3. The first kappa shape index (κ1) is 52.2. The van der Waals surface area contributed by atoms with Gasteiger partial charge in [-0.15, -0.1) is 23.7 Å². The van der Waals surface area contributed by atoms with Gasteiger partial charge in [-0.1, -0.05) is 27.7 Å². The smallest absolute Gasteiger partial charge is 0.407 e. The van der Waals surface area contributed by atoms with E-state index in [2.05, 4.69) is 34.3 Å². The van der Waals surface area contributed by atoms with Crippen LogP contribution < -0.4 is 10.6 Å². The zero-order valence-corrected chi connectivity index (χ0v) is 40.4. The van der Waals surface area contributed by atoms with Crippen LogP contribution in [0.1, 0.15) is 91.9 Å². The fourth-order valence-corrected chi connectivity index (χ4v) is 10.1. The molecule has 6 aliphatic rings. The van der Waals surface area contributed by atoms with Crippen molar-refractivity contribution in [3.05, 3.63) is 0 Å². The molecule has 2 aliphatic heterocycles. The van der Waals surface area contributed by atoms with E-state index in [1.807, 2.05) is 9.80 Å². The number of ether oxygens (including phenoxy) is 4. The number of carbonyl (C=O) groups is 8. The topological polar surface area (TPSA) is 210 Å². The van der Waals surface area contributed by atoms with Crippen LogP contribution in [0.25, 0.3) is 0 Å². The van der Waals surface area contributed by atoms with Crippen LogP contribution in [0, 0.1) is 71.0 Å². The molecular formula is C50H72N6O12. The Labute approximate surface area is 400 Å². The molecule has 2 saturated carbocycles. The molecule has 18 nitrogen and oxygen atoms in total. The summed E-state index contributed by atoms with van der Waals surface area (Å²) in [5, 5.41) is 5.26. The highest BCUT2D eigenvalue weighted by atomic mass is 16.6. The fourth-order valence-electron chi connectivity index (χ4n) is 10.1. The number of alkyl carbamates (subject to hydrolysis) is 2. The van der Waals surface area contributed by atoms with Gasteiger partial charge in [0.15, 0.2) is 11.6 Å². The lowest BCUT2D eigenvalue weighted by molar-refractivity contribution is -0.151. The van der Waals surface area contributed by atoms with Gasteiger partial charge in [-0.25, -0.2) is 9.59 Å². The SMILES string of the molecule is CC(C)C(=O)OCC1CN(C(=O)CCNC(=O)OC[C@@H]2[C@@H]3CCC#CCC[C@@H]32)CCN1CC(=O)CC(=O)CN1CCN(C(=O)CNC(=O)OC[C@@H]2[C@@H]3CCC#CCC[C@@H]32)CC1COC(=O)C(C)C. The highest BCUT2D eigenvalue weighted by Gasteiger charge is 2.50. The second kappa shape index (κ2) is 25.4. The summed E-state index contributed by atoms with van der Waals surface area (Å²) in [7, 11) is 0. The molecule has 0 radical (unpaired) electrons. The lowest BCUT2D eigenvalue weighted by Crippen LogP contribution is -2.59. The molecule has 0 aromatic rings. The Morgan fingerprint density at radius 3 is 1.37 bits per heavy atom. The summed E-state index contributed by atoms with van der Waals surface area (Å²) in [5.74, 6) is 12.7. The summed E-state index contributed by atoms with van der Waals surface area (Å²) in [6.07, 6.45) is 6.01. The molecule has 18 heteroatoms. The van der Waals surface area contributed by atoms with E-state index >= 15 is 0 Å². The van der Waals surface area contributed by atoms with Crippen LogP contribution in [0.2, 0.25) is 0 Å². The first-order valence-electron chi connectivity index (χ1n) is 24.8. The molecule has 0 aromatic heterocycles. The van der Waals surface area contributed by atoms with Crippen LogP contribution in [0.3, 0.4) is 0 Å². The number of nitrogens with zero attached hydrogens (tertiary/aromatic N) is 4. The first-order valence-corrected chi connectivity index (χ1v) is 24.8. The molecular weight excluding hydrogens is 877 g/mol. The quantitative estimate of drug-likeness (QED) is 0.0734. The van der Waals surface area contributed by atoms with Crippen LogP contribution in [-0.4, -0.2) is 171 Å². The van der Waals surface area contributed by atoms with Gasteiger partial charge < -0.3 is 39.4 Å². The molecule has 374 valence electrons. The summed E-state index contributed by atoms with van der Waals surface area (Å²) in [4.78, 5) is 110. The summed E-state index contributed by atoms with van der Waals surface area (Å²) < 4.78 is 22.1. The Kier molecular flexibility index (Phi) is 19.5. The van der Waals surface area contributed by atoms with Crippen molar-refractivity contribution in [2.24, 2.45) is 47.3 Å². The second-order valence-corrected chi connectivity index (χ2v) is 19.8. The van der Waals surface area contributed by atoms with Crippen LogP contribution >= 0.6 is 0 Å². The van der Waals surface area contributed by atoms with Crippen molar-refractivity contribution >= 4 is 47.5 Å². The lowest BCUT2D eigenvalue weighted by Gasteiger charge is -2.41. The molecule has 6 rings (SSSR count). The van der Waals surface area contributed by atoms with Crippen LogP contribution in [0.15, 0.2) is 0 Å². The van der Waals surface area contributed by atoms with E-state index in [-0.39, 0.29) is 114 Å². The standard InChI is InChI=1S/C50H72N6O12/c1-33(2)47(61)65-29-35-25-55(45(59)17-18-51-49(63)67-31-43-39-13-9-5-6-10-14-40(39)43)21-19-53(35)27-37(57)23-38(58)28-54-20-22-56(26-36(54)30-66-48(62)34(3)4)46(60)24-52-50(64)68-32-44-41-15-11-7-8-12-16-42(41)44/h33-36,39-44H,9-32H2,1-4H3,(H,51,63)(H,52,64)/t35?,36?,39-,40+,41-,42+,43-,44-. The molecule has 8 atom stereocenters. The Hall–Kier alpha value is -5.20. The normalized spacial score (nSPS) is 26.6. The molecule has 2 heterocycles. The van der Waals surface area contributed by atoms with Crippen molar-refractivity contribution in [1.29, 1.82) is 0 Å². The molecule has 2 unspecified atom stereocenters. The van der Waals surface area contributed by atoms with Gasteiger partial charge in [0.1, 0.15) is 19.8 Å². The van der Waals surface area contributed by atoms with E-state index in [4.69, 9.17) is 18.9 Å². The van der Waals surface area contributed by atoms with Crippen molar-refractivity contribution < 1.29 is 57.3 Å². The minimum absolute atomic E-state index is 0.0384. The molecule has 4 amide bonds. The maximum atomic E-state index is 13.5. The Morgan fingerprint density at radius 1 is 0.529 bits per heavy atom. The maximum absolute atomic E-state index is 13.5. The van der Waals surface area contributed by atoms with E-state index in [0.29, 0.717) is 61.8 Å². The van der Waals surface area contributed by atoms with E-state index in [9.17, 15) is 38.4 Å². The van der Waals surface area contributed by atoms with Crippen molar-refractivity contribution in [2.75, 3.05) is 91.9 Å². The van der Waals surface area contributed by atoms with Crippen molar-refractivity contribution in [3.63, 3.8) is 0 Å². The number of carbonyl (C=O) groups excluding carboxylic acids is 8. The average molecular weight is 949 g/mol. The van der Waals surface area contributed by atoms with E-state index in [0.717, 1.165) is 51.4 Å². The van der Waals surface area contributed by atoms with E-state index in [1.54, 1.807) is 37.5 Å². The van der Waals surface area contributed by atoms with Crippen LogP contribution in [0.5, 0.6) is 0 Å². The number of ketones is 2. The molecule has 0 bridgehead atoms. The average Bonchev–Trinajstić information content (AvgIpc) is 4.16. The first-order chi connectivity index (χ1) is 32.7. The molecule has 0 aromatic carbocycles. The van der Waals surface area contributed by atoms with Gasteiger partial charge in [0.2, 0.25) is 11.8 Å². The third kappa shape index (κ3) is 15.7. The minimum Gasteiger partial charge on any atom is -0.464 e. The molecule has 68 heavy (non-hydrogen) atoms. The van der Waals surface area contributed by atoms with Gasteiger partial charge in [0, 0.05) is 77.9 Å². The number of piperazine rings is 2. The maximum Gasteiger partial charge on any atom is 0.407 e. The molecule has 4 aliphatic carbocycles. The van der Waals surface area contributed by atoms with E-state index in [1.165, 1.54) is 0 Å². The van der Waals surface area contributed by atoms with Gasteiger partial charge in [-0.05, 0) is 61.2 Å². The Morgan fingerprint density at radius 2 is 0.941 bits per heavy atom. The second-order valence-electron chi connectivity index (χ2n) is 19.8. The van der Waals surface area contributed by atoms with Gasteiger partial charge in [0.05, 0.1) is 56.6 Å². The molecule has 2 N–H and O–H groups in total. The number of esters is 2. The molecule has 2 saturated heterocycles. The number of rotatable bonds is 21. The number of fused-ring (bicyclic) bond motifs is 2. The van der Waals surface area contributed by atoms with Crippen molar-refractivity contribution in [2.45, 2.75) is 104 Å². The highest BCUT2D eigenvalue weighted by molar-refractivity contribution is 6.01. The zero-order chi connectivity index (χ0) is 48.7. The molecule has 4 fully saturated rings. The third-order valence-electron chi connectivity index (χ3n) is 14.3. The summed E-state index contributed by atoms with van der Waals surface area (Å²) in [6.45, 7) is 8.36. The summed E-state index contributed by atoms with van der Waals surface area (Å²) >= 11 is 0. The minimum atomic E-state index is -0.658. The monoisotopic (exact) mass is 949 g/mol. The van der Waals surface area contributed by atoms with Gasteiger partial charge in [-0.2, -0.15) is 0 Å². The number of nitrogens with one attached hydrogen (secondary N) is 2. The number of hydrogen-bond donors (Lipinski definition) is 2. The largest absolute Gasteiger partial charge is 0.464 e. The highest BCUT2D eigenvalue weighted by Crippen LogP contribution is 2.53.